The van der Waals surface area contributed by atoms with Gasteiger partial charge in [-0.05, 0) is 43.0 Å². The minimum absolute atomic E-state index is 0.0160. The third-order valence-electron chi connectivity index (χ3n) is 4.35. The number of nitrogens with zero attached hydrogens (tertiary/aromatic N) is 1. The van der Waals surface area contributed by atoms with Crippen molar-refractivity contribution in [1.82, 2.24) is 16.0 Å². The molecule has 0 spiro atoms. The molecule has 0 aliphatic heterocycles. The lowest BCUT2D eigenvalue weighted by atomic mass is 10.0. The molecule has 2 rings (SSSR count). The van der Waals surface area contributed by atoms with E-state index in [0.29, 0.717) is 24.8 Å². The van der Waals surface area contributed by atoms with Crippen LogP contribution in [0.3, 0.4) is 0 Å². The number of likely N-dealkylation sites (N-methyl/N-ethyl adjacent to an activating group) is 1. The lowest BCUT2D eigenvalue weighted by molar-refractivity contribution is -0.122. The van der Waals surface area contributed by atoms with E-state index in [1.807, 2.05) is 44.2 Å². The predicted octanol–water partition coefficient (Wildman–Crippen LogP) is 3.06. The zero-order valence-corrected chi connectivity index (χ0v) is 17.6. The van der Waals surface area contributed by atoms with Crippen molar-refractivity contribution in [2.45, 2.75) is 33.2 Å². The Kier molecular flexibility index (Phi) is 9.55. The number of benzene rings is 2. The number of carbonyl (C=O) groups is 1. The van der Waals surface area contributed by atoms with Gasteiger partial charge in [-0.25, -0.2) is 4.99 Å². The number of hydrogen-bond donors (Lipinski definition) is 3. The molecule has 0 fully saturated rings. The van der Waals surface area contributed by atoms with Gasteiger partial charge in [-0.15, -0.1) is 0 Å². The minimum atomic E-state index is -0.123. The molecule has 6 nitrogen and oxygen atoms in total. The van der Waals surface area contributed by atoms with Crippen molar-refractivity contribution in [3.63, 3.8) is 0 Å². The number of amides is 1. The number of aliphatic imine (C=N–C) groups is 1. The third-order valence-corrected chi connectivity index (χ3v) is 4.35. The zero-order valence-electron chi connectivity index (χ0n) is 17.6. The Hall–Kier alpha value is -3.02. The molecule has 1 amide bonds. The van der Waals surface area contributed by atoms with Crippen LogP contribution in [0, 0.1) is 0 Å². The lowest BCUT2D eigenvalue weighted by Crippen LogP contribution is -2.39. The van der Waals surface area contributed by atoms with E-state index in [0.717, 1.165) is 24.6 Å². The van der Waals surface area contributed by atoms with Crippen LogP contribution >= 0.6 is 0 Å². The molecule has 0 radical (unpaired) electrons. The summed E-state index contributed by atoms with van der Waals surface area (Å²) >= 11 is 0. The summed E-state index contributed by atoms with van der Waals surface area (Å²) in [5, 5.41) is 9.41. The quantitative estimate of drug-likeness (QED) is 0.426. The van der Waals surface area contributed by atoms with Crippen molar-refractivity contribution < 1.29 is 9.53 Å². The normalized spacial score (nSPS) is 12.2. The van der Waals surface area contributed by atoms with Gasteiger partial charge in [0.15, 0.2) is 12.6 Å². The molecule has 3 N–H and O–H groups in total. The van der Waals surface area contributed by atoms with Crippen LogP contribution in [0.15, 0.2) is 59.6 Å². The van der Waals surface area contributed by atoms with E-state index in [1.165, 1.54) is 5.56 Å². The maximum absolute atomic E-state index is 11.5. The highest BCUT2D eigenvalue weighted by atomic mass is 16.5. The van der Waals surface area contributed by atoms with Gasteiger partial charge in [0.1, 0.15) is 5.75 Å². The highest BCUT2D eigenvalue weighted by Crippen LogP contribution is 2.15. The first-order valence-electron chi connectivity index (χ1n) is 10.2. The fourth-order valence-electron chi connectivity index (χ4n) is 2.79. The maximum atomic E-state index is 11.5. The van der Waals surface area contributed by atoms with Crippen LogP contribution < -0.4 is 20.7 Å². The third kappa shape index (κ3) is 8.25. The second-order valence-electron chi connectivity index (χ2n) is 6.78. The summed E-state index contributed by atoms with van der Waals surface area (Å²) in [6.45, 7) is 8.85. The molecular formula is C23H32N4O2. The summed E-state index contributed by atoms with van der Waals surface area (Å²) in [7, 11) is 0. The Morgan fingerprint density at radius 1 is 1.00 bits per heavy atom. The van der Waals surface area contributed by atoms with Gasteiger partial charge in [-0.3, -0.25) is 4.79 Å². The Bertz CT molecular complexity index is 777. The Morgan fingerprint density at radius 2 is 1.76 bits per heavy atom. The summed E-state index contributed by atoms with van der Waals surface area (Å²) < 4.78 is 5.55. The molecule has 156 valence electrons. The molecule has 2 aromatic carbocycles. The zero-order chi connectivity index (χ0) is 20.9. The number of guanidine groups is 1. The van der Waals surface area contributed by atoms with E-state index in [2.05, 4.69) is 52.1 Å². The molecular weight excluding hydrogens is 364 g/mol. The summed E-state index contributed by atoms with van der Waals surface area (Å²) in [6.07, 6.45) is 0. The van der Waals surface area contributed by atoms with Crippen LogP contribution in [-0.4, -0.2) is 38.1 Å². The molecule has 29 heavy (non-hydrogen) atoms. The van der Waals surface area contributed by atoms with Crippen LogP contribution in [-0.2, 0) is 11.3 Å². The smallest absolute Gasteiger partial charge is 0.257 e. The first-order chi connectivity index (χ1) is 14.1. The van der Waals surface area contributed by atoms with Crippen LogP contribution in [0.2, 0.25) is 0 Å². The molecule has 0 heterocycles. The summed E-state index contributed by atoms with van der Waals surface area (Å²) in [4.78, 5) is 16.2. The maximum Gasteiger partial charge on any atom is 0.257 e. The monoisotopic (exact) mass is 396 g/mol. The predicted molar refractivity (Wildman–Crippen MR) is 118 cm³/mol. The van der Waals surface area contributed by atoms with Crippen LogP contribution in [0.5, 0.6) is 5.75 Å². The SMILES string of the molecule is CCNC(=O)COc1cccc(CN=C(NCC)NCC(C)c2ccccc2)c1. The van der Waals surface area contributed by atoms with E-state index in [4.69, 9.17) is 4.74 Å². The van der Waals surface area contributed by atoms with Gasteiger partial charge in [-0.2, -0.15) is 0 Å². The van der Waals surface area contributed by atoms with Crippen molar-refractivity contribution >= 4 is 11.9 Å². The summed E-state index contributed by atoms with van der Waals surface area (Å²) in [5.74, 6) is 1.71. The number of rotatable bonds is 10. The summed E-state index contributed by atoms with van der Waals surface area (Å²) in [5.41, 5.74) is 2.32. The van der Waals surface area contributed by atoms with Gasteiger partial charge in [0.2, 0.25) is 0 Å². The highest BCUT2D eigenvalue weighted by Gasteiger charge is 2.06. The Labute approximate surface area is 173 Å². The van der Waals surface area contributed by atoms with E-state index in [1.54, 1.807) is 0 Å². The van der Waals surface area contributed by atoms with Gasteiger partial charge in [0.25, 0.3) is 5.91 Å². The van der Waals surface area contributed by atoms with Gasteiger partial charge in [0.05, 0.1) is 6.54 Å². The molecule has 1 unspecified atom stereocenters. The molecule has 2 aromatic rings. The van der Waals surface area contributed by atoms with E-state index < -0.39 is 0 Å². The van der Waals surface area contributed by atoms with E-state index in [9.17, 15) is 4.79 Å². The van der Waals surface area contributed by atoms with Crippen molar-refractivity contribution in [2.75, 3.05) is 26.2 Å². The topological polar surface area (TPSA) is 74.8 Å². The average Bonchev–Trinajstić information content (AvgIpc) is 2.75. The molecule has 0 aliphatic carbocycles. The van der Waals surface area contributed by atoms with Crippen molar-refractivity contribution in [2.24, 2.45) is 4.99 Å². The number of carbonyl (C=O) groups excluding carboxylic acids is 1. The lowest BCUT2D eigenvalue weighted by Gasteiger charge is -2.16. The van der Waals surface area contributed by atoms with Gasteiger partial charge < -0.3 is 20.7 Å². The van der Waals surface area contributed by atoms with Gasteiger partial charge >= 0.3 is 0 Å². The summed E-state index contributed by atoms with van der Waals surface area (Å²) in [6, 6.07) is 18.1. The molecule has 1 atom stereocenters. The molecule has 6 heteroatoms. The van der Waals surface area contributed by atoms with Crippen LogP contribution in [0.25, 0.3) is 0 Å². The Morgan fingerprint density at radius 3 is 2.48 bits per heavy atom. The first kappa shape index (κ1) is 22.3. The van der Waals surface area contributed by atoms with Crippen molar-refractivity contribution in [3.8, 4) is 5.75 Å². The van der Waals surface area contributed by atoms with Crippen molar-refractivity contribution in [1.29, 1.82) is 0 Å². The average molecular weight is 397 g/mol. The molecule has 0 saturated heterocycles. The second-order valence-corrected chi connectivity index (χ2v) is 6.78. The molecule has 0 aromatic heterocycles. The first-order valence-corrected chi connectivity index (χ1v) is 10.2. The molecule has 0 aliphatic rings. The van der Waals surface area contributed by atoms with E-state index >= 15 is 0 Å². The number of nitrogens with one attached hydrogen (secondary N) is 3. The van der Waals surface area contributed by atoms with Crippen molar-refractivity contribution in [3.05, 3.63) is 65.7 Å². The molecule has 0 saturated carbocycles. The standard InChI is InChI=1S/C23H32N4O2/c1-4-24-22(28)17-29-21-13-9-10-19(14-21)16-27-23(25-5-2)26-15-18(3)20-11-7-6-8-12-20/h6-14,18H,4-5,15-17H2,1-3H3,(H,24,28)(H2,25,26,27). The van der Waals surface area contributed by atoms with Gasteiger partial charge in [-0.1, -0.05) is 49.4 Å². The number of ether oxygens (including phenoxy) is 1. The Balaban J connectivity index is 1.92. The number of hydrogen-bond acceptors (Lipinski definition) is 3. The largest absolute Gasteiger partial charge is 0.484 e. The molecule has 0 bridgehead atoms. The van der Waals surface area contributed by atoms with E-state index in [-0.39, 0.29) is 12.5 Å². The van der Waals surface area contributed by atoms with Crippen LogP contribution in [0.4, 0.5) is 0 Å². The minimum Gasteiger partial charge on any atom is -0.484 e. The van der Waals surface area contributed by atoms with Gasteiger partial charge in [0, 0.05) is 19.6 Å². The fourth-order valence-corrected chi connectivity index (χ4v) is 2.79. The fraction of sp³-hybridized carbons (Fsp3) is 0.391. The highest BCUT2D eigenvalue weighted by molar-refractivity contribution is 5.79. The second kappa shape index (κ2) is 12.4. The van der Waals surface area contributed by atoms with Crippen LogP contribution in [0.1, 0.15) is 37.8 Å².